The molecule has 1 heterocycles. The Labute approximate surface area is 159 Å². The van der Waals surface area contributed by atoms with E-state index in [0.29, 0.717) is 28.7 Å². The van der Waals surface area contributed by atoms with Crippen molar-refractivity contribution in [2.45, 2.75) is 6.42 Å². The maximum atomic E-state index is 11.9. The zero-order valence-corrected chi connectivity index (χ0v) is 15.5. The number of anilines is 1. The molecule has 0 bridgehead atoms. The third-order valence-electron chi connectivity index (χ3n) is 3.41. The molecule has 3 aromatic rings. The van der Waals surface area contributed by atoms with E-state index in [2.05, 4.69) is 15.6 Å². The van der Waals surface area contributed by atoms with E-state index in [-0.39, 0.29) is 6.03 Å². The summed E-state index contributed by atoms with van der Waals surface area (Å²) in [7, 11) is 0. The summed E-state index contributed by atoms with van der Waals surface area (Å²) in [6, 6.07) is 14.3. The number of thiazole rings is 1. The first kappa shape index (κ1) is 17.7. The summed E-state index contributed by atoms with van der Waals surface area (Å²) in [4.78, 5) is 16.5. The van der Waals surface area contributed by atoms with E-state index in [4.69, 9.17) is 23.2 Å². The monoisotopic (exact) mass is 391 g/mol. The first-order valence-electron chi connectivity index (χ1n) is 7.61. The average Bonchev–Trinajstić information content (AvgIpc) is 3.06. The number of urea groups is 1. The number of amides is 2. The van der Waals surface area contributed by atoms with Crippen molar-refractivity contribution in [2.24, 2.45) is 0 Å². The molecule has 0 saturated carbocycles. The first-order valence-corrected chi connectivity index (χ1v) is 9.24. The number of carbonyl (C=O) groups excluding carboxylic acids is 1. The van der Waals surface area contributed by atoms with Gasteiger partial charge in [-0.1, -0.05) is 35.3 Å². The number of nitrogens with zero attached hydrogens (tertiary/aromatic N) is 1. The van der Waals surface area contributed by atoms with E-state index in [0.717, 1.165) is 16.3 Å². The zero-order chi connectivity index (χ0) is 17.6. The molecule has 0 aliphatic carbocycles. The van der Waals surface area contributed by atoms with E-state index in [9.17, 15) is 4.79 Å². The SMILES string of the molecule is O=C(NCCc1csc(-c2ccc(Cl)cc2)n1)Nc1ccc(Cl)cc1. The van der Waals surface area contributed by atoms with Crippen LogP contribution in [0.1, 0.15) is 5.69 Å². The lowest BCUT2D eigenvalue weighted by molar-refractivity contribution is 0.252. The van der Waals surface area contributed by atoms with Gasteiger partial charge in [-0.2, -0.15) is 0 Å². The van der Waals surface area contributed by atoms with E-state index < -0.39 is 0 Å². The van der Waals surface area contributed by atoms with Gasteiger partial charge in [-0.05, 0) is 36.4 Å². The van der Waals surface area contributed by atoms with E-state index in [1.54, 1.807) is 35.6 Å². The highest BCUT2D eigenvalue weighted by molar-refractivity contribution is 7.13. The molecule has 4 nitrogen and oxygen atoms in total. The number of rotatable bonds is 5. The molecule has 0 spiro atoms. The molecule has 0 fully saturated rings. The van der Waals surface area contributed by atoms with Crippen molar-refractivity contribution in [1.82, 2.24) is 10.3 Å². The summed E-state index contributed by atoms with van der Waals surface area (Å²) in [5.41, 5.74) is 2.68. The molecule has 0 aliphatic rings. The van der Waals surface area contributed by atoms with E-state index >= 15 is 0 Å². The number of carbonyl (C=O) groups is 1. The van der Waals surface area contributed by atoms with Gasteiger partial charge in [0.1, 0.15) is 5.01 Å². The van der Waals surface area contributed by atoms with Crippen molar-refractivity contribution in [1.29, 1.82) is 0 Å². The van der Waals surface area contributed by atoms with Gasteiger partial charge in [0.05, 0.1) is 5.69 Å². The van der Waals surface area contributed by atoms with Gasteiger partial charge in [-0.3, -0.25) is 0 Å². The lowest BCUT2D eigenvalue weighted by atomic mass is 10.2. The third-order valence-corrected chi connectivity index (χ3v) is 4.86. The Balaban J connectivity index is 1.48. The molecule has 0 radical (unpaired) electrons. The lowest BCUT2D eigenvalue weighted by Gasteiger charge is -2.06. The predicted octanol–water partition coefficient (Wildman–Crippen LogP) is 5.48. The van der Waals surface area contributed by atoms with Gasteiger partial charge in [0.25, 0.3) is 0 Å². The van der Waals surface area contributed by atoms with Gasteiger partial charge >= 0.3 is 6.03 Å². The minimum absolute atomic E-state index is 0.254. The smallest absolute Gasteiger partial charge is 0.319 e. The van der Waals surface area contributed by atoms with E-state index in [1.807, 2.05) is 29.6 Å². The fourth-order valence-corrected chi connectivity index (χ4v) is 3.27. The van der Waals surface area contributed by atoms with Gasteiger partial charge in [-0.25, -0.2) is 9.78 Å². The van der Waals surface area contributed by atoms with Crippen molar-refractivity contribution in [3.8, 4) is 10.6 Å². The van der Waals surface area contributed by atoms with Gasteiger partial charge < -0.3 is 10.6 Å². The second-order valence-electron chi connectivity index (χ2n) is 5.29. The summed E-state index contributed by atoms with van der Waals surface area (Å²) in [6.45, 7) is 0.503. The molecule has 2 aromatic carbocycles. The highest BCUT2D eigenvalue weighted by atomic mass is 35.5. The second kappa shape index (κ2) is 8.34. The second-order valence-corrected chi connectivity index (χ2v) is 7.02. The Morgan fingerprint density at radius 1 is 1.00 bits per heavy atom. The van der Waals surface area contributed by atoms with Crippen LogP contribution in [0.5, 0.6) is 0 Å². The van der Waals surface area contributed by atoms with Gasteiger partial charge in [-0.15, -0.1) is 11.3 Å². The summed E-state index contributed by atoms with van der Waals surface area (Å²) >= 11 is 13.3. The molecule has 0 unspecified atom stereocenters. The number of nitrogens with one attached hydrogen (secondary N) is 2. The van der Waals surface area contributed by atoms with Crippen LogP contribution in [0.4, 0.5) is 10.5 Å². The normalized spacial score (nSPS) is 10.5. The Morgan fingerprint density at radius 2 is 1.64 bits per heavy atom. The molecule has 0 aliphatic heterocycles. The maximum Gasteiger partial charge on any atom is 0.319 e. The number of benzene rings is 2. The van der Waals surface area contributed by atoms with Gasteiger partial charge in [0.15, 0.2) is 0 Å². The quantitative estimate of drug-likeness (QED) is 0.604. The summed E-state index contributed by atoms with van der Waals surface area (Å²) in [5, 5.41) is 9.85. The third kappa shape index (κ3) is 5.19. The summed E-state index contributed by atoms with van der Waals surface area (Å²) in [6.07, 6.45) is 0.665. The van der Waals surface area contributed by atoms with Crippen molar-refractivity contribution < 1.29 is 4.79 Å². The molecule has 128 valence electrons. The highest BCUT2D eigenvalue weighted by Gasteiger charge is 2.06. The molecular formula is C18H15Cl2N3OS. The van der Waals surface area contributed by atoms with Gasteiger partial charge in [0.2, 0.25) is 0 Å². The molecule has 2 N–H and O–H groups in total. The maximum absolute atomic E-state index is 11.9. The standard InChI is InChI=1S/C18H15Cl2N3OS/c19-13-3-1-12(2-4-13)17-22-16(11-25-17)9-10-21-18(24)23-15-7-5-14(20)6-8-15/h1-8,11H,9-10H2,(H2,21,23,24). The van der Waals surface area contributed by atoms with Crippen LogP contribution in [0, 0.1) is 0 Å². The van der Waals surface area contributed by atoms with Crippen molar-refractivity contribution in [3.05, 3.63) is 69.7 Å². The Bertz CT molecular complexity index is 848. The lowest BCUT2D eigenvalue weighted by Crippen LogP contribution is -2.30. The van der Waals surface area contributed by atoms with Crippen molar-refractivity contribution >= 4 is 46.3 Å². The number of hydrogen-bond acceptors (Lipinski definition) is 3. The van der Waals surface area contributed by atoms with Gasteiger partial charge in [0, 0.05) is 39.6 Å². The minimum Gasteiger partial charge on any atom is -0.337 e. The molecular weight excluding hydrogens is 377 g/mol. The number of aromatic nitrogens is 1. The molecule has 2 amide bonds. The van der Waals surface area contributed by atoms with Crippen LogP contribution in [0.15, 0.2) is 53.9 Å². The van der Waals surface area contributed by atoms with Crippen LogP contribution < -0.4 is 10.6 Å². The fraction of sp³-hybridized carbons (Fsp3) is 0.111. The van der Waals surface area contributed by atoms with Crippen LogP contribution in [0.3, 0.4) is 0 Å². The fourth-order valence-electron chi connectivity index (χ4n) is 2.16. The van der Waals surface area contributed by atoms with Crippen LogP contribution in [-0.4, -0.2) is 17.6 Å². The molecule has 3 rings (SSSR count). The molecule has 0 atom stereocenters. The highest BCUT2D eigenvalue weighted by Crippen LogP contribution is 2.25. The largest absolute Gasteiger partial charge is 0.337 e. The topological polar surface area (TPSA) is 54.0 Å². The molecule has 7 heteroatoms. The molecule has 0 saturated heterocycles. The van der Waals surface area contributed by atoms with Crippen LogP contribution in [0.2, 0.25) is 10.0 Å². The zero-order valence-electron chi connectivity index (χ0n) is 13.1. The summed E-state index contributed by atoms with van der Waals surface area (Å²) < 4.78 is 0. The Hall–Kier alpha value is -2.08. The van der Waals surface area contributed by atoms with Crippen molar-refractivity contribution in [3.63, 3.8) is 0 Å². The average molecular weight is 392 g/mol. The molecule has 25 heavy (non-hydrogen) atoms. The minimum atomic E-state index is -0.254. The van der Waals surface area contributed by atoms with Crippen LogP contribution in [0.25, 0.3) is 10.6 Å². The Kier molecular flexibility index (Phi) is 5.91. The van der Waals surface area contributed by atoms with Crippen LogP contribution in [-0.2, 0) is 6.42 Å². The van der Waals surface area contributed by atoms with E-state index in [1.165, 1.54) is 0 Å². The Morgan fingerprint density at radius 3 is 2.32 bits per heavy atom. The summed E-state index contributed by atoms with van der Waals surface area (Å²) in [5.74, 6) is 0. The first-order chi connectivity index (χ1) is 12.1. The number of hydrogen-bond donors (Lipinski definition) is 2. The predicted molar refractivity (Wildman–Crippen MR) is 105 cm³/mol. The van der Waals surface area contributed by atoms with Crippen LogP contribution >= 0.6 is 34.5 Å². The van der Waals surface area contributed by atoms with Crippen molar-refractivity contribution in [2.75, 3.05) is 11.9 Å². The molecule has 1 aromatic heterocycles. The number of halogens is 2.